The molecule has 0 atom stereocenters. The average molecular weight is 346 g/mol. The van der Waals surface area contributed by atoms with Gasteiger partial charge in [0.2, 0.25) is 0 Å². The van der Waals surface area contributed by atoms with E-state index in [1.807, 2.05) is 49.4 Å². The van der Waals surface area contributed by atoms with Gasteiger partial charge in [0.25, 0.3) is 5.91 Å². The minimum Gasteiger partial charge on any atom is -0.322 e. The lowest BCUT2D eigenvalue weighted by Crippen LogP contribution is -2.20. The average Bonchev–Trinajstić information content (AvgIpc) is 2.42. The quantitative estimate of drug-likeness (QED) is 0.785. The molecule has 0 aliphatic heterocycles. The lowest BCUT2D eigenvalue weighted by atomic mass is 9.83. The van der Waals surface area contributed by atoms with Crippen molar-refractivity contribution >= 4 is 27.5 Å². The molecule has 0 radical (unpaired) electrons. The Hall–Kier alpha value is -1.61. The predicted octanol–water partition coefficient (Wildman–Crippen LogP) is 5.31. The molecule has 2 aromatic carbocycles. The van der Waals surface area contributed by atoms with Gasteiger partial charge in [-0.15, -0.1) is 0 Å². The summed E-state index contributed by atoms with van der Waals surface area (Å²) in [4.78, 5) is 12.6. The van der Waals surface area contributed by atoms with Crippen molar-refractivity contribution in [2.24, 2.45) is 0 Å². The smallest absolute Gasteiger partial charge is 0.255 e. The second-order valence-electron chi connectivity index (χ2n) is 6.21. The number of aryl methyl sites for hydroxylation is 1. The molecule has 1 amide bonds. The summed E-state index contributed by atoms with van der Waals surface area (Å²) in [7, 11) is 0. The van der Waals surface area contributed by atoms with Crippen molar-refractivity contribution in [1.82, 2.24) is 0 Å². The van der Waals surface area contributed by atoms with E-state index in [4.69, 9.17) is 0 Å². The van der Waals surface area contributed by atoms with E-state index in [9.17, 15) is 4.79 Å². The molecule has 1 N–H and O–H groups in total. The van der Waals surface area contributed by atoms with E-state index in [2.05, 4.69) is 42.0 Å². The van der Waals surface area contributed by atoms with Gasteiger partial charge < -0.3 is 5.32 Å². The summed E-state index contributed by atoms with van der Waals surface area (Å²) in [5.41, 5.74) is 3.62. The van der Waals surface area contributed by atoms with Crippen LogP contribution in [-0.4, -0.2) is 5.91 Å². The molecule has 0 saturated heterocycles. The molecular formula is C18H20BrNO. The molecule has 0 bridgehead atoms. The van der Waals surface area contributed by atoms with Crippen LogP contribution in [0.5, 0.6) is 0 Å². The third kappa shape index (κ3) is 3.73. The van der Waals surface area contributed by atoms with Crippen molar-refractivity contribution in [2.45, 2.75) is 33.1 Å². The summed E-state index contributed by atoms with van der Waals surface area (Å²) in [6.45, 7) is 8.34. The van der Waals surface area contributed by atoms with Gasteiger partial charge in [-0.3, -0.25) is 4.79 Å². The van der Waals surface area contributed by atoms with Crippen LogP contribution in [0.2, 0.25) is 0 Å². The summed E-state index contributed by atoms with van der Waals surface area (Å²) >= 11 is 3.47. The van der Waals surface area contributed by atoms with Gasteiger partial charge >= 0.3 is 0 Å². The minimum atomic E-state index is -0.0674. The third-order valence-corrected chi connectivity index (χ3v) is 4.29. The highest BCUT2D eigenvalue weighted by Crippen LogP contribution is 2.27. The van der Waals surface area contributed by atoms with Gasteiger partial charge in [0.1, 0.15) is 0 Å². The maximum atomic E-state index is 12.6. The van der Waals surface area contributed by atoms with Crippen molar-refractivity contribution in [1.29, 1.82) is 0 Å². The summed E-state index contributed by atoms with van der Waals surface area (Å²) in [6.07, 6.45) is 0. The van der Waals surface area contributed by atoms with Crippen LogP contribution in [0.1, 0.15) is 42.3 Å². The Bertz CT molecular complexity index is 671. The van der Waals surface area contributed by atoms with Crippen LogP contribution in [-0.2, 0) is 5.41 Å². The van der Waals surface area contributed by atoms with Gasteiger partial charge in [0.05, 0.1) is 0 Å². The molecule has 0 aromatic heterocycles. The van der Waals surface area contributed by atoms with Crippen molar-refractivity contribution in [3.63, 3.8) is 0 Å². The normalized spacial score (nSPS) is 11.3. The van der Waals surface area contributed by atoms with Gasteiger partial charge in [-0.25, -0.2) is 0 Å². The molecule has 21 heavy (non-hydrogen) atoms. The molecule has 3 heteroatoms. The van der Waals surface area contributed by atoms with Gasteiger partial charge in [-0.05, 0) is 47.7 Å². The number of hydrogen-bond acceptors (Lipinski definition) is 1. The first-order chi connectivity index (χ1) is 9.79. The zero-order chi connectivity index (χ0) is 15.6. The zero-order valence-electron chi connectivity index (χ0n) is 12.8. The SMILES string of the molecule is Cc1cc(NC(=O)c2ccccc2C(C)(C)C)ccc1Br. The Morgan fingerprint density at radius 1 is 1.10 bits per heavy atom. The fourth-order valence-corrected chi connectivity index (χ4v) is 2.50. The van der Waals surface area contributed by atoms with E-state index >= 15 is 0 Å². The molecule has 2 aromatic rings. The molecule has 0 saturated carbocycles. The zero-order valence-corrected chi connectivity index (χ0v) is 14.4. The number of amides is 1. The molecule has 110 valence electrons. The maximum Gasteiger partial charge on any atom is 0.255 e. The standard InChI is InChI=1S/C18H20BrNO/c1-12-11-13(9-10-16(12)19)20-17(21)14-7-5-6-8-15(14)18(2,3)4/h5-11H,1-4H3,(H,20,21). The summed E-state index contributed by atoms with van der Waals surface area (Å²) in [5, 5.41) is 2.98. The van der Waals surface area contributed by atoms with Crippen LogP contribution in [0.4, 0.5) is 5.69 Å². The monoisotopic (exact) mass is 345 g/mol. The van der Waals surface area contributed by atoms with E-state index < -0.39 is 0 Å². The highest BCUT2D eigenvalue weighted by atomic mass is 79.9. The molecular weight excluding hydrogens is 326 g/mol. The maximum absolute atomic E-state index is 12.6. The number of benzene rings is 2. The molecule has 0 unspecified atom stereocenters. The van der Waals surface area contributed by atoms with Crippen molar-refractivity contribution in [2.75, 3.05) is 5.32 Å². The molecule has 0 aliphatic rings. The first-order valence-corrected chi connectivity index (χ1v) is 7.75. The van der Waals surface area contributed by atoms with Crippen molar-refractivity contribution in [3.8, 4) is 0 Å². The highest BCUT2D eigenvalue weighted by molar-refractivity contribution is 9.10. The summed E-state index contributed by atoms with van der Waals surface area (Å²) in [6, 6.07) is 13.6. The van der Waals surface area contributed by atoms with Crippen LogP contribution in [0, 0.1) is 6.92 Å². The lowest BCUT2D eigenvalue weighted by molar-refractivity contribution is 0.102. The van der Waals surface area contributed by atoms with Crippen LogP contribution in [0.3, 0.4) is 0 Å². The van der Waals surface area contributed by atoms with Gasteiger partial charge in [-0.1, -0.05) is 54.9 Å². The molecule has 0 fully saturated rings. The lowest BCUT2D eigenvalue weighted by Gasteiger charge is -2.22. The number of nitrogens with one attached hydrogen (secondary N) is 1. The number of rotatable bonds is 2. The van der Waals surface area contributed by atoms with Crippen LogP contribution < -0.4 is 5.32 Å². The predicted molar refractivity (Wildman–Crippen MR) is 92.0 cm³/mol. The molecule has 0 aliphatic carbocycles. The minimum absolute atomic E-state index is 0.0659. The van der Waals surface area contributed by atoms with Gasteiger partial charge in [0.15, 0.2) is 0 Å². The highest BCUT2D eigenvalue weighted by Gasteiger charge is 2.21. The van der Waals surface area contributed by atoms with E-state index in [1.165, 1.54) is 0 Å². The number of halogens is 1. The molecule has 2 nitrogen and oxygen atoms in total. The molecule has 0 heterocycles. The largest absolute Gasteiger partial charge is 0.322 e. The van der Waals surface area contributed by atoms with E-state index in [-0.39, 0.29) is 11.3 Å². The summed E-state index contributed by atoms with van der Waals surface area (Å²) in [5.74, 6) is -0.0674. The van der Waals surface area contributed by atoms with Gasteiger partial charge in [-0.2, -0.15) is 0 Å². The van der Waals surface area contributed by atoms with E-state index in [1.54, 1.807) is 0 Å². The Morgan fingerprint density at radius 2 is 1.76 bits per heavy atom. The Balaban J connectivity index is 2.31. The van der Waals surface area contributed by atoms with Crippen LogP contribution in [0.25, 0.3) is 0 Å². The van der Waals surface area contributed by atoms with E-state index in [0.29, 0.717) is 0 Å². The fourth-order valence-electron chi connectivity index (χ4n) is 2.26. The number of carbonyl (C=O) groups excluding carboxylic acids is 1. The number of anilines is 1. The third-order valence-electron chi connectivity index (χ3n) is 3.40. The number of hydrogen-bond donors (Lipinski definition) is 1. The van der Waals surface area contributed by atoms with Gasteiger partial charge in [0, 0.05) is 15.7 Å². The molecule has 0 spiro atoms. The Morgan fingerprint density at radius 3 is 2.38 bits per heavy atom. The Kier molecular flexibility index (Phi) is 4.52. The second kappa shape index (κ2) is 6.02. The van der Waals surface area contributed by atoms with Crippen LogP contribution >= 0.6 is 15.9 Å². The summed E-state index contributed by atoms with van der Waals surface area (Å²) < 4.78 is 1.04. The first-order valence-electron chi connectivity index (χ1n) is 6.96. The number of carbonyl (C=O) groups is 1. The van der Waals surface area contributed by atoms with Crippen LogP contribution in [0.15, 0.2) is 46.9 Å². The topological polar surface area (TPSA) is 29.1 Å². The fraction of sp³-hybridized carbons (Fsp3) is 0.278. The Labute approximate surface area is 134 Å². The van der Waals surface area contributed by atoms with Crippen molar-refractivity contribution in [3.05, 3.63) is 63.6 Å². The second-order valence-corrected chi connectivity index (χ2v) is 7.07. The first kappa shape index (κ1) is 15.8. The molecule has 2 rings (SSSR count). The van der Waals surface area contributed by atoms with E-state index in [0.717, 1.165) is 26.9 Å². The van der Waals surface area contributed by atoms with Crippen molar-refractivity contribution < 1.29 is 4.79 Å².